The van der Waals surface area contributed by atoms with Crippen LogP contribution in [-0.2, 0) is 16.8 Å². The molecule has 0 aliphatic carbocycles. The summed E-state index contributed by atoms with van der Waals surface area (Å²) < 4.78 is 24.9. The second-order valence-corrected chi connectivity index (χ2v) is 5.61. The van der Waals surface area contributed by atoms with Crippen LogP contribution in [0.4, 0.5) is 10.1 Å². The van der Waals surface area contributed by atoms with E-state index in [-0.39, 0.29) is 11.7 Å². The number of hydrogen-bond donors (Lipinski definition) is 0. The zero-order valence-corrected chi connectivity index (χ0v) is 12.2. The molecule has 2 aliphatic rings. The lowest BCUT2D eigenvalue weighted by molar-refractivity contribution is -0.131. The topological polar surface area (TPSA) is 38.8 Å². The van der Waals surface area contributed by atoms with E-state index >= 15 is 0 Å². The van der Waals surface area contributed by atoms with Crippen molar-refractivity contribution in [3.63, 3.8) is 0 Å². The highest BCUT2D eigenvalue weighted by atomic mass is 19.1. The Bertz CT molecular complexity index is 804. The largest absolute Gasteiger partial charge is 0.497 e. The number of benzene rings is 2. The Hall–Kier alpha value is -2.56. The molecular formula is C17H14FNO3. The van der Waals surface area contributed by atoms with Crippen LogP contribution in [0.25, 0.3) is 0 Å². The first-order valence-corrected chi connectivity index (χ1v) is 6.99. The molecule has 0 bridgehead atoms. The molecule has 1 spiro atoms. The van der Waals surface area contributed by atoms with Gasteiger partial charge < -0.3 is 14.4 Å². The molecule has 4 nitrogen and oxygen atoms in total. The molecule has 5 heteroatoms. The number of amides is 1. The Morgan fingerprint density at radius 3 is 2.86 bits per heavy atom. The summed E-state index contributed by atoms with van der Waals surface area (Å²) in [7, 11) is 3.27. The van der Waals surface area contributed by atoms with Crippen molar-refractivity contribution in [1.82, 2.24) is 0 Å². The molecule has 0 saturated carbocycles. The molecule has 0 N–H and O–H groups in total. The molecule has 0 saturated heterocycles. The molecular weight excluding hydrogens is 285 g/mol. The predicted molar refractivity (Wildman–Crippen MR) is 78.8 cm³/mol. The highest BCUT2D eigenvalue weighted by molar-refractivity contribution is 6.07. The van der Waals surface area contributed by atoms with Crippen LogP contribution in [0.15, 0.2) is 36.4 Å². The van der Waals surface area contributed by atoms with E-state index in [1.54, 1.807) is 32.4 Å². The number of likely N-dealkylation sites (N-methyl/N-ethyl adjacent to an activating group) is 1. The Kier molecular flexibility index (Phi) is 2.52. The number of carbonyl (C=O) groups is 1. The zero-order valence-electron chi connectivity index (χ0n) is 12.2. The molecule has 2 aliphatic heterocycles. The first-order chi connectivity index (χ1) is 10.5. The second-order valence-electron chi connectivity index (χ2n) is 5.61. The van der Waals surface area contributed by atoms with Crippen LogP contribution in [0.3, 0.4) is 0 Å². The van der Waals surface area contributed by atoms with E-state index in [0.717, 1.165) is 5.56 Å². The number of anilines is 1. The summed E-state index contributed by atoms with van der Waals surface area (Å²) in [5.74, 6) is 0.791. The van der Waals surface area contributed by atoms with Crippen LogP contribution in [-0.4, -0.2) is 20.1 Å². The number of ether oxygens (including phenoxy) is 2. The molecule has 2 aromatic rings. The van der Waals surface area contributed by atoms with Gasteiger partial charge >= 0.3 is 0 Å². The van der Waals surface area contributed by atoms with Gasteiger partial charge in [0.15, 0.2) is 0 Å². The van der Waals surface area contributed by atoms with Gasteiger partial charge in [0.2, 0.25) is 5.60 Å². The van der Waals surface area contributed by atoms with Crippen molar-refractivity contribution in [2.75, 3.05) is 19.1 Å². The van der Waals surface area contributed by atoms with Crippen LogP contribution in [0, 0.1) is 5.82 Å². The molecule has 112 valence electrons. The Morgan fingerprint density at radius 2 is 2.09 bits per heavy atom. The maximum atomic E-state index is 13.7. The number of fused-ring (bicyclic) bond motifs is 3. The Labute approximate surface area is 127 Å². The first-order valence-electron chi connectivity index (χ1n) is 6.99. The van der Waals surface area contributed by atoms with E-state index in [2.05, 4.69) is 0 Å². The fourth-order valence-corrected chi connectivity index (χ4v) is 3.30. The van der Waals surface area contributed by atoms with Crippen LogP contribution in [0.1, 0.15) is 11.1 Å². The fraction of sp³-hybridized carbons (Fsp3) is 0.235. The van der Waals surface area contributed by atoms with Crippen LogP contribution < -0.4 is 14.4 Å². The molecule has 4 rings (SSSR count). The molecule has 1 unspecified atom stereocenters. The zero-order chi connectivity index (χ0) is 15.5. The standard InChI is InChI=1S/C17H14FNO3/c1-19-14-5-3-11(18)8-13(14)17(16(19)20)9-10-7-12(21-2)4-6-15(10)22-17/h3-8H,9H2,1-2H3. The Morgan fingerprint density at radius 1 is 1.27 bits per heavy atom. The summed E-state index contributed by atoms with van der Waals surface area (Å²) in [5.41, 5.74) is 0.987. The lowest BCUT2D eigenvalue weighted by Gasteiger charge is -2.22. The van der Waals surface area contributed by atoms with Crippen molar-refractivity contribution in [2.24, 2.45) is 0 Å². The second kappa shape index (κ2) is 4.22. The van der Waals surface area contributed by atoms with Crippen molar-refractivity contribution >= 4 is 11.6 Å². The van der Waals surface area contributed by atoms with Gasteiger partial charge in [-0.15, -0.1) is 0 Å². The molecule has 22 heavy (non-hydrogen) atoms. The van der Waals surface area contributed by atoms with E-state index in [9.17, 15) is 9.18 Å². The van der Waals surface area contributed by atoms with E-state index in [4.69, 9.17) is 9.47 Å². The molecule has 0 aromatic heterocycles. The van der Waals surface area contributed by atoms with Crippen molar-refractivity contribution in [3.8, 4) is 11.5 Å². The highest BCUT2D eigenvalue weighted by Crippen LogP contribution is 2.50. The van der Waals surface area contributed by atoms with Gasteiger partial charge in [-0.3, -0.25) is 4.79 Å². The SMILES string of the molecule is COc1ccc2c(c1)CC1(O2)C(=O)N(C)c2ccc(F)cc21. The minimum absolute atomic E-state index is 0.178. The van der Waals surface area contributed by atoms with Crippen LogP contribution >= 0.6 is 0 Å². The number of rotatable bonds is 1. The highest BCUT2D eigenvalue weighted by Gasteiger charge is 2.55. The van der Waals surface area contributed by atoms with Gasteiger partial charge in [-0.2, -0.15) is 0 Å². The van der Waals surface area contributed by atoms with Crippen molar-refractivity contribution in [2.45, 2.75) is 12.0 Å². The average molecular weight is 299 g/mol. The molecule has 2 heterocycles. The maximum absolute atomic E-state index is 13.7. The first kappa shape index (κ1) is 13.1. The summed E-state index contributed by atoms with van der Waals surface area (Å²) in [5, 5.41) is 0. The maximum Gasteiger partial charge on any atom is 0.276 e. The van der Waals surface area contributed by atoms with Gasteiger partial charge in [0, 0.05) is 24.6 Å². The minimum atomic E-state index is -1.17. The van der Waals surface area contributed by atoms with Crippen LogP contribution in [0.5, 0.6) is 11.5 Å². The van der Waals surface area contributed by atoms with Gasteiger partial charge in [-0.25, -0.2) is 4.39 Å². The van der Waals surface area contributed by atoms with E-state index in [1.807, 2.05) is 6.07 Å². The number of methoxy groups -OCH3 is 1. The predicted octanol–water partition coefficient (Wildman–Crippen LogP) is 2.64. The van der Waals surface area contributed by atoms with E-state index < -0.39 is 5.60 Å². The smallest absolute Gasteiger partial charge is 0.276 e. The lowest BCUT2D eigenvalue weighted by atomic mass is 9.90. The molecule has 1 amide bonds. The van der Waals surface area contributed by atoms with Crippen molar-refractivity contribution in [3.05, 3.63) is 53.3 Å². The van der Waals surface area contributed by atoms with Gasteiger partial charge in [0.25, 0.3) is 5.91 Å². The molecule has 2 aromatic carbocycles. The van der Waals surface area contributed by atoms with Crippen LogP contribution in [0.2, 0.25) is 0 Å². The quantitative estimate of drug-likeness (QED) is 0.812. The number of halogens is 1. The van der Waals surface area contributed by atoms with Gasteiger partial charge in [0.05, 0.1) is 12.8 Å². The Balaban J connectivity index is 1.87. The summed E-state index contributed by atoms with van der Waals surface area (Å²) in [6, 6.07) is 9.78. The molecule has 0 fully saturated rings. The number of carbonyl (C=O) groups excluding carboxylic acids is 1. The third kappa shape index (κ3) is 1.53. The van der Waals surface area contributed by atoms with Crippen molar-refractivity contribution in [1.29, 1.82) is 0 Å². The third-order valence-electron chi connectivity index (χ3n) is 4.40. The minimum Gasteiger partial charge on any atom is -0.497 e. The summed E-state index contributed by atoms with van der Waals surface area (Å²) in [6.07, 6.45) is 0.374. The van der Waals surface area contributed by atoms with E-state index in [0.29, 0.717) is 29.2 Å². The average Bonchev–Trinajstić information content (AvgIpc) is 3.00. The number of nitrogens with zero attached hydrogens (tertiary/aromatic N) is 1. The molecule has 1 atom stereocenters. The van der Waals surface area contributed by atoms with Gasteiger partial charge in [0.1, 0.15) is 17.3 Å². The lowest BCUT2D eigenvalue weighted by Crippen LogP contribution is -2.42. The third-order valence-corrected chi connectivity index (χ3v) is 4.40. The van der Waals surface area contributed by atoms with E-state index in [1.165, 1.54) is 17.0 Å². The monoisotopic (exact) mass is 299 g/mol. The summed E-state index contributed by atoms with van der Waals surface area (Å²) >= 11 is 0. The molecule has 0 radical (unpaired) electrons. The van der Waals surface area contributed by atoms with Crippen molar-refractivity contribution < 1.29 is 18.7 Å². The fourth-order valence-electron chi connectivity index (χ4n) is 3.30. The van der Waals surface area contributed by atoms with Gasteiger partial charge in [-0.1, -0.05) is 0 Å². The summed E-state index contributed by atoms with van der Waals surface area (Å²) in [4.78, 5) is 14.3. The summed E-state index contributed by atoms with van der Waals surface area (Å²) in [6.45, 7) is 0. The number of hydrogen-bond acceptors (Lipinski definition) is 3. The van der Waals surface area contributed by atoms with Gasteiger partial charge in [-0.05, 0) is 36.4 Å². The normalized spacial score (nSPS) is 21.8.